The first kappa shape index (κ1) is 10.2. The van der Waals surface area contributed by atoms with E-state index in [-0.39, 0.29) is 5.25 Å². The quantitative estimate of drug-likeness (QED) is 0.582. The van der Waals surface area contributed by atoms with Crippen molar-refractivity contribution in [1.29, 1.82) is 0 Å². The van der Waals surface area contributed by atoms with Crippen molar-refractivity contribution in [1.82, 2.24) is 0 Å². The van der Waals surface area contributed by atoms with Crippen LogP contribution in [0.15, 0.2) is 39.7 Å². The topological polar surface area (TPSA) is 55.5 Å². The maximum absolute atomic E-state index is 12.2. The summed E-state index contributed by atoms with van der Waals surface area (Å²) in [6.07, 6.45) is 0. The van der Waals surface area contributed by atoms with Gasteiger partial charge >= 0.3 is 0 Å². The van der Waals surface area contributed by atoms with Gasteiger partial charge in [-0.25, -0.2) is 10.1 Å². The molecule has 1 unspecified atom stereocenters. The molecule has 0 saturated heterocycles. The smallest absolute Gasteiger partial charge is 0.0936 e. The van der Waals surface area contributed by atoms with Crippen LogP contribution in [-0.2, 0) is 9.73 Å². The third kappa shape index (κ3) is 1.89. The first-order valence-electron chi connectivity index (χ1n) is 4.11. The molecule has 0 fully saturated rings. The van der Waals surface area contributed by atoms with Gasteiger partial charge in [-0.2, -0.15) is 0 Å². The number of rotatable bonds is 2. The fourth-order valence-electron chi connectivity index (χ4n) is 1.07. The van der Waals surface area contributed by atoms with Crippen LogP contribution in [0.1, 0.15) is 13.8 Å². The van der Waals surface area contributed by atoms with Gasteiger partial charge in [0.15, 0.2) is 0 Å². The van der Waals surface area contributed by atoms with Crippen molar-refractivity contribution in [3.8, 4) is 0 Å². The average Bonchev–Trinajstić information content (AvgIpc) is 2.17. The molecule has 0 bridgehead atoms. The predicted octanol–water partition coefficient (Wildman–Crippen LogP) is 1.80. The van der Waals surface area contributed by atoms with Gasteiger partial charge in [0.2, 0.25) is 0 Å². The van der Waals surface area contributed by atoms with Crippen molar-refractivity contribution in [3.05, 3.63) is 30.3 Å². The summed E-state index contributed by atoms with van der Waals surface area (Å²) in [5.41, 5.74) is 0. The molecule has 0 spiro atoms. The number of nitrogens with zero attached hydrogens (tertiary/aromatic N) is 1. The van der Waals surface area contributed by atoms with Gasteiger partial charge in [-0.05, 0) is 26.0 Å². The van der Waals surface area contributed by atoms with Crippen molar-refractivity contribution < 1.29 is 4.21 Å². The molecule has 0 radical (unpaired) electrons. The van der Waals surface area contributed by atoms with E-state index in [9.17, 15) is 4.21 Å². The molecule has 0 aliphatic carbocycles. The van der Waals surface area contributed by atoms with Crippen molar-refractivity contribution in [2.24, 2.45) is 10.3 Å². The Morgan fingerprint density at radius 3 is 2.23 bits per heavy atom. The summed E-state index contributed by atoms with van der Waals surface area (Å²) in [6.45, 7) is 3.71. The summed E-state index contributed by atoms with van der Waals surface area (Å²) in [5, 5.41) is -0.0695. The van der Waals surface area contributed by atoms with E-state index in [0.29, 0.717) is 4.90 Å². The monoisotopic (exact) mass is 198 g/mol. The van der Waals surface area contributed by atoms with Crippen molar-refractivity contribution in [2.45, 2.75) is 24.0 Å². The van der Waals surface area contributed by atoms with Gasteiger partial charge in [0.25, 0.3) is 0 Å². The zero-order valence-corrected chi connectivity index (χ0v) is 8.62. The highest BCUT2D eigenvalue weighted by molar-refractivity contribution is 7.94. The Labute approximate surface area is 79.1 Å². The largest absolute Gasteiger partial charge is 0.243 e. The second-order valence-corrected chi connectivity index (χ2v) is 5.80. The van der Waals surface area contributed by atoms with Gasteiger partial charge < -0.3 is 0 Å². The summed E-state index contributed by atoms with van der Waals surface area (Å²) >= 11 is 0. The highest BCUT2D eigenvalue weighted by Crippen LogP contribution is 2.16. The van der Waals surface area contributed by atoms with Gasteiger partial charge in [0, 0.05) is 10.1 Å². The molecule has 3 nitrogen and oxygen atoms in total. The fraction of sp³-hybridized carbons (Fsp3) is 0.333. The first-order chi connectivity index (χ1) is 6.11. The molecule has 1 aromatic rings. The Hall–Kier alpha value is -0.870. The van der Waals surface area contributed by atoms with E-state index in [1.165, 1.54) is 0 Å². The van der Waals surface area contributed by atoms with Crippen LogP contribution in [0.4, 0.5) is 0 Å². The lowest BCUT2D eigenvalue weighted by Crippen LogP contribution is -2.15. The molecule has 0 aliphatic heterocycles. The molecule has 0 saturated carbocycles. The van der Waals surface area contributed by atoms with Crippen LogP contribution < -0.4 is 5.84 Å². The second-order valence-electron chi connectivity index (χ2n) is 3.04. The zero-order valence-electron chi connectivity index (χ0n) is 7.81. The van der Waals surface area contributed by atoms with Crippen molar-refractivity contribution in [3.63, 3.8) is 0 Å². The van der Waals surface area contributed by atoms with E-state index in [0.717, 1.165) is 0 Å². The van der Waals surface area contributed by atoms with Crippen LogP contribution in [0.3, 0.4) is 0 Å². The standard InChI is InChI=1S/C9H14N2OS/c1-8(2)13(12,11-10)9-6-4-3-5-7-9/h3-8H,10H2,1-2H3. The van der Waals surface area contributed by atoms with Gasteiger partial charge in [-0.15, -0.1) is 4.47 Å². The molecule has 13 heavy (non-hydrogen) atoms. The van der Waals surface area contributed by atoms with Gasteiger partial charge in [-0.1, -0.05) is 18.2 Å². The second kappa shape index (κ2) is 3.89. The molecule has 72 valence electrons. The van der Waals surface area contributed by atoms with Gasteiger partial charge in [0.05, 0.1) is 9.73 Å². The molecule has 0 aromatic heterocycles. The summed E-state index contributed by atoms with van der Waals surface area (Å²) in [4.78, 5) is 0.701. The van der Waals surface area contributed by atoms with E-state index < -0.39 is 9.73 Å². The van der Waals surface area contributed by atoms with Crippen LogP contribution in [0, 0.1) is 0 Å². The average molecular weight is 198 g/mol. The summed E-state index contributed by atoms with van der Waals surface area (Å²) in [7, 11) is -2.42. The Bertz CT molecular complexity index is 378. The molecular formula is C9H14N2OS. The molecule has 1 rings (SSSR count). The van der Waals surface area contributed by atoms with E-state index >= 15 is 0 Å². The van der Waals surface area contributed by atoms with E-state index in [2.05, 4.69) is 4.47 Å². The van der Waals surface area contributed by atoms with Crippen molar-refractivity contribution in [2.75, 3.05) is 0 Å². The number of benzene rings is 1. The SMILES string of the molecule is CC(C)S(=O)(=NN)c1ccccc1. The normalized spacial score (nSPS) is 15.4. The number of hydrogen-bond donors (Lipinski definition) is 1. The zero-order chi connectivity index (χ0) is 9.90. The third-order valence-electron chi connectivity index (χ3n) is 1.88. The molecule has 2 N–H and O–H groups in total. The van der Waals surface area contributed by atoms with E-state index in [1.54, 1.807) is 12.1 Å². The van der Waals surface area contributed by atoms with Gasteiger partial charge in [-0.3, -0.25) is 0 Å². The Morgan fingerprint density at radius 1 is 1.31 bits per heavy atom. The highest BCUT2D eigenvalue weighted by Gasteiger charge is 2.15. The minimum Gasteiger partial charge on any atom is -0.243 e. The van der Waals surface area contributed by atoms with Crippen LogP contribution in [-0.4, -0.2) is 9.46 Å². The van der Waals surface area contributed by atoms with Crippen LogP contribution in [0.25, 0.3) is 0 Å². The highest BCUT2D eigenvalue weighted by atomic mass is 32.2. The molecule has 1 aromatic carbocycles. The fourth-order valence-corrected chi connectivity index (χ4v) is 2.53. The summed E-state index contributed by atoms with van der Waals surface area (Å²) in [5.74, 6) is 5.19. The van der Waals surface area contributed by atoms with E-state index in [1.807, 2.05) is 32.0 Å². The molecule has 0 amide bonds. The third-order valence-corrected chi connectivity index (χ3v) is 4.42. The lowest BCUT2D eigenvalue weighted by atomic mass is 10.4. The summed E-state index contributed by atoms with van der Waals surface area (Å²) < 4.78 is 15.7. The van der Waals surface area contributed by atoms with Gasteiger partial charge in [0.1, 0.15) is 0 Å². The maximum atomic E-state index is 12.2. The van der Waals surface area contributed by atoms with Crippen molar-refractivity contribution >= 4 is 9.73 Å². The Balaban J connectivity index is 3.29. The number of nitrogens with two attached hydrogens (primary N) is 1. The first-order valence-corrected chi connectivity index (χ1v) is 5.69. The van der Waals surface area contributed by atoms with Crippen LogP contribution >= 0.6 is 0 Å². The molecular weight excluding hydrogens is 184 g/mol. The number of hydrogen-bond acceptors (Lipinski definition) is 2. The van der Waals surface area contributed by atoms with Crippen LogP contribution in [0.5, 0.6) is 0 Å². The lowest BCUT2D eigenvalue weighted by Gasteiger charge is -2.11. The van der Waals surface area contributed by atoms with Crippen LogP contribution in [0.2, 0.25) is 0 Å². The predicted molar refractivity (Wildman–Crippen MR) is 54.6 cm³/mol. The maximum Gasteiger partial charge on any atom is 0.0936 e. The summed E-state index contributed by atoms with van der Waals surface area (Å²) in [6, 6.07) is 9.13. The Kier molecular flexibility index (Phi) is 3.06. The van der Waals surface area contributed by atoms with E-state index in [4.69, 9.17) is 5.84 Å². The molecule has 4 heteroatoms. The molecule has 0 aliphatic rings. The minimum absolute atomic E-state index is 0.0695. The molecule has 0 heterocycles. The molecule has 1 atom stereocenters. The lowest BCUT2D eigenvalue weighted by molar-refractivity contribution is 0.667. The Morgan fingerprint density at radius 2 is 1.85 bits per heavy atom. The minimum atomic E-state index is -2.42.